The highest BCUT2D eigenvalue weighted by atomic mass is 32.3. The van der Waals surface area contributed by atoms with Crippen molar-refractivity contribution in [2.45, 2.75) is 12.8 Å². The molecule has 0 rings (SSSR count). The summed E-state index contributed by atoms with van der Waals surface area (Å²) in [7, 11) is -4.77. The summed E-state index contributed by atoms with van der Waals surface area (Å²) >= 11 is 0. The van der Waals surface area contributed by atoms with E-state index in [-0.39, 0.29) is 6.42 Å². The summed E-state index contributed by atoms with van der Waals surface area (Å²) in [5, 5.41) is 0. The molecule has 0 fully saturated rings. The Balaban J connectivity index is 3.84. The van der Waals surface area contributed by atoms with E-state index in [1.165, 1.54) is 0 Å². The fourth-order valence-electron chi connectivity index (χ4n) is 0.384. The van der Waals surface area contributed by atoms with E-state index in [9.17, 15) is 18.0 Å². The summed E-state index contributed by atoms with van der Waals surface area (Å²) in [5.41, 5.74) is 4.65. The maximum atomic E-state index is 10.4. The van der Waals surface area contributed by atoms with Gasteiger partial charge in [0.25, 0.3) is 0 Å². The number of primary amides is 1. The van der Waals surface area contributed by atoms with Crippen molar-refractivity contribution in [3.63, 3.8) is 0 Å². The van der Waals surface area contributed by atoms with Gasteiger partial charge in [0.1, 0.15) is 0 Å². The molecule has 0 atom stereocenters. The molecular formula is C4H7NO6S. The Morgan fingerprint density at radius 3 is 2.17 bits per heavy atom. The molecule has 0 aromatic heterocycles. The SMILES string of the molecule is NC(=O)CCC(=O)OS(=O)(=O)O. The summed E-state index contributed by atoms with van der Waals surface area (Å²) in [5.74, 6) is -1.99. The van der Waals surface area contributed by atoms with Crippen LogP contribution in [0.2, 0.25) is 0 Å². The predicted molar refractivity (Wildman–Crippen MR) is 36.1 cm³/mol. The van der Waals surface area contributed by atoms with Gasteiger partial charge in [-0.15, -0.1) is 0 Å². The summed E-state index contributed by atoms with van der Waals surface area (Å²) in [4.78, 5) is 20.5. The van der Waals surface area contributed by atoms with Crippen molar-refractivity contribution in [2.24, 2.45) is 5.73 Å². The van der Waals surface area contributed by atoms with Crippen molar-refractivity contribution in [1.29, 1.82) is 0 Å². The van der Waals surface area contributed by atoms with Crippen LogP contribution in [0.4, 0.5) is 0 Å². The van der Waals surface area contributed by atoms with Gasteiger partial charge in [0, 0.05) is 6.42 Å². The number of carbonyl (C=O) groups excluding carboxylic acids is 2. The lowest BCUT2D eigenvalue weighted by Gasteiger charge is -1.97. The first-order valence-electron chi connectivity index (χ1n) is 2.79. The largest absolute Gasteiger partial charge is 0.448 e. The Bertz CT molecular complexity index is 280. The number of amides is 1. The molecule has 0 spiro atoms. The lowest BCUT2D eigenvalue weighted by Crippen LogP contribution is -2.16. The van der Waals surface area contributed by atoms with Gasteiger partial charge in [0.05, 0.1) is 6.42 Å². The van der Waals surface area contributed by atoms with Gasteiger partial charge in [-0.1, -0.05) is 0 Å². The Hall–Kier alpha value is -1.15. The zero-order chi connectivity index (χ0) is 9.78. The zero-order valence-electron chi connectivity index (χ0n) is 5.89. The van der Waals surface area contributed by atoms with Gasteiger partial charge >= 0.3 is 16.4 Å². The molecule has 0 bridgehead atoms. The first kappa shape index (κ1) is 10.8. The molecule has 0 saturated carbocycles. The van der Waals surface area contributed by atoms with Crippen LogP contribution in [0.15, 0.2) is 0 Å². The quantitative estimate of drug-likeness (QED) is 0.534. The molecule has 70 valence electrons. The Labute approximate surface area is 68.4 Å². The molecule has 0 unspecified atom stereocenters. The highest BCUT2D eigenvalue weighted by molar-refractivity contribution is 7.81. The van der Waals surface area contributed by atoms with Crippen molar-refractivity contribution in [3.8, 4) is 0 Å². The number of rotatable bonds is 4. The topological polar surface area (TPSA) is 124 Å². The predicted octanol–water partition coefficient (Wildman–Crippen LogP) is -1.40. The van der Waals surface area contributed by atoms with E-state index in [0.717, 1.165) is 0 Å². The maximum absolute atomic E-state index is 10.4. The molecule has 0 aliphatic carbocycles. The van der Waals surface area contributed by atoms with Crippen LogP contribution in [0.5, 0.6) is 0 Å². The maximum Gasteiger partial charge on any atom is 0.448 e. The number of hydrogen-bond acceptors (Lipinski definition) is 5. The van der Waals surface area contributed by atoms with E-state index in [4.69, 9.17) is 4.55 Å². The molecule has 1 amide bonds. The summed E-state index contributed by atoms with van der Waals surface area (Å²) in [6.45, 7) is 0. The Morgan fingerprint density at radius 2 is 1.83 bits per heavy atom. The smallest absolute Gasteiger partial charge is 0.370 e. The molecule has 0 aliphatic rings. The second kappa shape index (κ2) is 4.02. The van der Waals surface area contributed by atoms with Crippen LogP contribution >= 0.6 is 0 Å². The minimum atomic E-state index is -4.77. The number of nitrogens with two attached hydrogens (primary N) is 1. The monoisotopic (exact) mass is 197 g/mol. The van der Waals surface area contributed by atoms with E-state index < -0.39 is 28.7 Å². The second-order valence-electron chi connectivity index (χ2n) is 1.85. The normalized spacial score (nSPS) is 10.8. The second-order valence-corrected chi connectivity index (χ2v) is 2.87. The lowest BCUT2D eigenvalue weighted by atomic mass is 10.3. The molecule has 8 heteroatoms. The minimum absolute atomic E-state index is 0.325. The summed E-state index contributed by atoms with van der Waals surface area (Å²) < 4.78 is 31.2. The van der Waals surface area contributed by atoms with Crippen LogP contribution in [0.1, 0.15) is 12.8 Å². The third kappa shape index (κ3) is 6.96. The summed E-state index contributed by atoms with van der Waals surface area (Å²) in [6.07, 6.45) is -0.802. The molecule has 0 heterocycles. The average Bonchev–Trinajstić information content (AvgIpc) is 1.79. The third-order valence-electron chi connectivity index (χ3n) is 0.774. The third-order valence-corrected chi connectivity index (χ3v) is 1.17. The fraction of sp³-hybridized carbons (Fsp3) is 0.500. The Morgan fingerprint density at radius 1 is 1.33 bits per heavy atom. The molecule has 0 aliphatic heterocycles. The van der Waals surface area contributed by atoms with Gasteiger partial charge < -0.3 is 9.92 Å². The standard InChI is InChI=1S/C4H7NO6S/c5-3(6)1-2-4(7)11-12(8,9)10/h1-2H2,(H2,5,6)(H,8,9,10). The molecule has 3 N–H and O–H groups in total. The van der Waals surface area contributed by atoms with E-state index in [0.29, 0.717) is 0 Å². The molecular weight excluding hydrogens is 190 g/mol. The van der Waals surface area contributed by atoms with Gasteiger partial charge in [-0.25, -0.2) is 0 Å². The molecule has 0 aromatic carbocycles. The van der Waals surface area contributed by atoms with E-state index >= 15 is 0 Å². The van der Waals surface area contributed by atoms with Crippen molar-refractivity contribution in [3.05, 3.63) is 0 Å². The minimum Gasteiger partial charge on any atom is -0.370 e. The van der Waals surface area contributed by atoms with Gasteiger partial charge in [0.2, 0.25) is 5.91 Å². The first-order valence-corrected chi connectivity index (χ1v) is 4.16. The molecule has 0 aromatic rings. The van der Waals surface area contributed by atoms with Crippen LogP contribution in [0.3, 0.4) is 0 Å². The molecule has 0 radical (unpaired) electrons. The number of hydrogen-bond donors (Lipinski definition) is 2. The van der Waals surface area contributed by atoms with Gasteiger partial charge in [-0.05, 0) is 0 Å². The van der Waals surface area contributed by atoms with Crippen molar-refractivity contribution in [2.75, 3.05) is 0 Å². The fourth-order valence-corrected chi connectivity index (χ4v) is 0.703. The van der Waals surface area contributed by atoms with Crippen LogP contribution in [0.25, 0.3) is 0 Å². The van der Waals surface area contributed by atoms with E-state index in [1.807, 2.05) is 0 Å². The molecule has 12 heavy (non-hydrogen) atoms. The van der Waals surface area contributed by atoms with Crippen LogP contribution in [0, 0.1) is 0 Å². The van der Waals surface area contributed by atoms with Gasteiger partial charge in [0.15, 0.2) is 0 Å². The van der Waals surface area contributed by atoms with Gasteiger partial charge in [-0.3, -0.25) is 14.1 Å². The van der Waals surface area contributed by atoms with Crippen LogP contribution in [-0.2, 0) is 24.2 Å². The Kier molecular flexibility index (Phi) is 3.64. The van der Waals surface area contributed by atoms with Crippen molar-refractivity contribution in [1.82, 2.24) is 0 Å². The highest BCUT2D eigenvalue weighted by Gasteiger charge is 2.13. The summed E-state index contributed by atoms with van der Waals surface area (Å²) in [6, 6.07) is 0. The van der Waals surface area contributed by atoms with Crippen molar-refractivity contribution >= 4 is 22.3 Å². The van der Waals surface area contributed by atoms with Crippen LogP contribution in [-0.4, -0.2) is 24.8 Å². The average molecular weight is 197 g/mol. The lowest BCUT2D eigenvalue weighted by molar-refractivity contribution is -0.136. The zero-order valence-corrected chi connectivity index (χ0v) is 6.70. The molecule has 7 nitrogen and oxygen atoms in total. The van der Waals surface area contributed by atoms with Gasteiger partial charge in [-0.2, -0.15) is 8.42 Å². The van der Waals surface area contributed by atoms with Crippen molar-refractivity contribution < 1.29 is 26.7 Å². The van der Waals surface area contributed by atoms with Crippen LogP contribution < -0.4 is 5.73 Å². The van der Waals surface area contributed by atoms with E-state index in [1.54, 1.807) is 0 Å². The number of carbonyl (C=O) groups is 2. The first-order chi connectivity index (χ1) is 5.31. The van der Waals surface area contributed by atoms with E-state index in [2.05, 4.69) is 9.92 Å². The highest BCUT2D eigenvalue weighted by Crippen LogP contribution is 1.95. The molecule has 0 saturated heterocycles.